The first-order valence-corrected chi connectivity index (χ1v) is 11.3. The first-order chi connectivity index (χ1) is 15.5. The van der Waals surface area contributed by atoms with Crippen LogP contribution in [0.25, 0.3) is 32.3 Å². The van der Waals surface area contributed by atoms with Crippen molar-refractivity contribution in [2.24, 2.45) is 0 Å². The zero-order valence-corrected chi connectivity index (χ0v) is 18.2. The van der Waals surface area contributed by atoms with Crippen molar-refractivity contribution >= 4 is 72.1 Å². The van der Waals surface area contributed by atoms with E-state index in [2.05, 4.69) is 30.5 Å². The van der Waals surface area contributed by atoms with E-state index in [1.54, 1.807) is 6.07 Å². The number of hydrogen-bond acceptors (Lipinski definition) is 9. The average Bonchev–Trinajstić information content (AvgIpc) is 3.36. The fourth-order valence-corrected chi connectivity index (χ4v) is 4.99. The van der Waals surface area contributed by atoms with Gasteiger partial charge in [0.05, 0.1) is 20.4 Å². The van der Waals surface area contributed by atoms with E-state index in [9.17, 15) is 14.9 Å². The van der Waals surface area contributed by atoms with E-state index in [4.69, 9.17) is 0 Å². The number of para-hydroxylation sites is 1. The summed E-state index contributed by atoms with van der Waals surface area (Å²) in [4.78, 5) is 35.4. The standard InChI is InChI=1S/C20H15N7O3S2/c1-2-14(18(28)24-19-22-13-8-7-10(27(29)30)9-15(13)32-19)31-20-23-17-16(25-26-20)11-5-3-4-6-12(11)21-17/h3-9,14H,2H2,1H3,(H,21,23,26)(H,22,24,28)/t14-/m0/s1. The molecule has 0 fully saturated rings. The normalized spacial score (nSPS) is 12.4. The third kappa shape index (κ3) is 3.74. The number of non-ortho nitro benzene ring substituents is 1. The number of nitrogens with zero attached hydrogens (tertiary/aromatic N) is 5. The van der Waals surface area contributed by atoms with Crippen LogP contribution in [-0.4, -0.2) is 41.2 Å². The molecule has 160 valence electrons. The van der Waals surface area contributed by atoms with Gasteiger partial charge >= 0.3 is 0 Å². The van der Waals surface area contributed by atoms with Crippen LogP contribution in [0.4, 0.5) is 10.8 Å². The molecule has 2 N–H and O–H groups in total. The Hall–Kier alpha value is -3.64. The first kappa shape index (κ1) is 20.3. The van der Waals surface area contributed by atoms with Crippen molar-refractivity contribution in [3.63, 3.8) is 0 Å². The highest BCUT2D eigenvalue weighted by Crippen LogP contribution is 2.31. The van der Waals surface area contributed by atoms with Gasteiger partial charge in [-0.3, -0.25) is 14.9 Å². The fraction of sp³-hybridized carbons (Fsp3) is 0.150. The molecule has 2 aromatic carbocycles. The molecule has 5 aromatic rings. The minimum absolute atomic E-state index is 0.0157. The van der Waals surface area contributed by atoms with Crippen LogP contribution in [0.2, 0.25) is 0 Å². The van der Waals surface area contributed by atoms with Crippen LogP contribution in [0.3, 0.4) is 0 Å². The minimum Gasteiger partial charge on any atom is -0.338 e. The van der Waals surface area contributed by atoms with Gasteiger partial charge in [-0.25, -0.2) is 9.97 Å². The highest BCUT2D eigenvalue weighted by atomic mass is 32.2. The molecule has 3 aromatic heterocycles. The lowest BCUT2D eigenvalue weighted by Gasteiger charge is -2.11. The molecule has 0 saturated heterocycles. The minimum atomic E-state index is -0.459. The Morgan fingerprint density at radius 3 is 2.91 bits per heavy atom. The van der Waals surface area contributed by atoms with E-state index in [1.807, 2.05) is 31.2 Å². The maximum Gasteiger partial charge on any atom is 0.270 e. The van der Waals surface area contributed by atoms with Gasteiger partial charge in [-0.2, -0.15) is 0 Å². The molecule has 0 spiro atoms. The number of aromatic amines is 1. The fourth-order valence-electron chi connectivity index (χ4n) is 3.27. The van der Waals surface area contributed by atoms with Gasteiger partial charge in [0.2, 0.25) is 11.1 Å². The number of nitro groups is 1. The van der Waals surface area contributed by atoms with E-state index >= 15 is 0 Å². The summed E-state index contributed by atoms with van der Waals surface area (Å²) in [6.07, 6.45) is 0.543. The molecule has 5 rings (SSSR count). The summed E-state index contributed by atoms with van der Waals surface area (Å²) in [6.45, 7) is 1.90. The highest BCUT2D eigenvalue weighted by molar-refractivity contribution is 8.00. The van der Waals surface area contributed by atoms with Gasteiger partial charge in [-0.1, -0.05) is 48.2 Å². The lowest BCUT2D eigenvalue weighted by atomic mass is 10.2. The Morgan fingerprint density at radius 1 is 1.25 bits per heavy atom. The van der Waals surface area contributed by atoms with Crippen molar-refractivity contribution in [3.05, 3.63) is 52.6 Å². The second kappa shape index (κ2) is 8.13. The number of carbonyl (C=O) groups is 1. The van der Waals surface area contributed by atoms with Gasteiger partial charge < -0.3 is 10.3 Å². The number of anilines is 1. The quantitative estimate of drug-likeness (QED) is 0.212. The van der Waals surface area contributed by atoms with Crippen LogP contribution >= 0.6 is 23.1 Å². The SMILES string of the molecule is CC[C@H](Sc1nnc2c(n1)[nH]c1ccccc12)C(=O)Nc1nc2ccc([N+](=O)[O-])cc2s1. The number of amides is 1. The molecule has 0 radical (unpaired) electrons. The molecule has 0 unspecified atom stereocenters. The predicted octanol–water partition coefficient (Wildman–Crippen LogP) is 4.53. The number of nitrogens with one attached hydrogen (secondary N) is 2. The molecule has 32 heavy (non-hydrogen) atoms. The summed E-state index contributed by atoms with van der Waals surface area (Å²) in [5.74, 6) is -0.244. The van der Waals surface area contributed by atoms with Crippen molar-refractivity contribution in [3.8, 4) is 0 Å². The predicted molar refractivity (Wildman–Crippen MR) is 124 cm³/mol. The molecule has 0 bridgehead atoms. The average molecular weight is 466 g/mol. The maximum absolute atomic E-state index is 12.8. The van der Waals surface area contributed by atoms with Crippen LogP contribution in [0, 0.1) is 10.1 Å². The van der Waals surface area contributed by atoms with E-state index in [0.29, 0.717) is 38.1 Å². The van der Waals surface area contributed by atoms with Crippen molar-refractivity contribution in [1.82, 2.24) is 25.1 Å². The molecule has 0 aliphatic carbocycles. The van der Waals surface area contributed by atoms with Crippen LogP contribution in [0.15, 0.2) is 47.6 Å². The lowest BCUT2D eigenvalue weighted by molar-refractivity contribution is -0.384. The van der Waals surface area contributed by atoms with Gasteiger partial charge in [0, 0.05) is 23.0 Å². The third-order valence-corrected chi connectivity index (χ3v) is 6.98. The number of rotatable bonds is 6. The van der Waals surface area contributed by atoms with Gasteiger partial charge in [-0.15, -0.1) is 10.2 Å². The van der Waals surface area contributed by atoms with Crippen LogP contribution in [-0.2, 0) is 4.79 Å². The largest absolute Gasteiger partial charge is 0.338 e. The Balaban J connectivity index is 1.35. The molecular formula is C20H15N7O3S2. The van der Waals surface area contributed by atoms with E-state index in [1.165, 1.54) is 35.2 Å². The smallest absolute Gasteiger partial charge is 0.270 e. The van der Waals surface area contributed by atoms with E-state index < -0.39 is 10.2 Å². The summed E-state index contributed by atoms with van der Waals surface area (Å²) < 4.78 is 0.631. The second-order valence-electron chi connectivity index (χ2n) is 6.89. The molecule has 3 heterocycles. The topological polar surface area (TPSA) is 140 Å². The number of H-pyrrole nitrogens is 1. The molecular weight excluding hydrogens is 450 g/mol. The molecule has 1 amide bonds. The number of fused-ring (bicyclic) bond motifs is 4. The third-order valence-electron chi connectivity index (χ3n) is 4.83. The molecule has 10 nitrogen and oxygen atoms in total. The highest BCUT2D eigenvalue weighted by Gasteiger charge is 2.22. The van der Waals surface area contributed by atoms with Crippen molar-refractivity contribution in [2.75, 3.05) is 5.32 Å². The summed E-state index contributed by atoms with van der Waals surface area (Å²) in [7, 11) is 0. The zero-order valence-electron chi connectivity index (χ0n) is 16.6. The monoisotopic (exact) mass is 465 g/mol. The summed E-state index contributed by atoms with van der Waals surface area (Å²) in [5, 5.41) is 23.5. The molecule has 0 aliphatic rings. The van der Waals surface area contributed by atoms with Crippen molar-refractivity contribution < 1.29 is 9.72 Å². The van der Waals surface area contributed by atoms with Crippen molar-refractivity contribution in [1.29, 1.82) is 0 Å². The summed E-state index contributed by atoms with van der Waals surface area (Å²) >= 11 is 2.42. The second-order valence-corrected chi connectivity index (χ2v) is 9.09. The first-order valence-electron chi connectivity index (χ1n) is 9.65. The van der Waals surface area contributed by atoms with Crippen molar-refractivity contribution in [2.45, 2.75) is 23.8 Å². The van der Waals surface area contributed by atoms with Gasteiger partial charge in [0.15, 0.2) is 10.8 Å². The summed E-state index contributed by atoms with van der Waals surface area (Å²) in [6, 6.07) is 12.2. The molecule has 0 aliphatic heterocycles. The Labute approximate surface area is 188 Å². The number of nitro benzene ring substituents is 1. The van der Waals surface area contributed by atoms with Gasteiger partial charge in [0.25, 0.3) is 5.69 Å². The molecule has 0 saturated carbocycles. The number of aromatic nitrogens is 5. The number of hydrogen-bond donors (Lipinski definition) is 2. The van der Waals surface area contributed by atoms with Crippen LogP contribution < -0.4 is 5.32 Å². The van der Waals surface area contributed by atoms with Gasteiger partial charge in [0.1, 0.15) is 5.52 Å². The van der Waals surface area contributed by atoms with Crippen LogP contribution in [0.5, 0.6) is 0 Å². The molecule has 12 heteroatoms. The number of benzene rings is 2. The number of thioether (sulfide) groups is 1. The number of carbonyl (C=O) groups excluding carboxylic acids is 1. The van der Waals surface area contributed by atoms with E-state index in [0.717, 1.165) is 10.9 Å². The lowest BCUT2D eigenvalue weighted by Crippen LogP contribution is -2.24. The maximum atomic E-state index is 12.8. The van der Waals surface area contributed by atoms with E-state index in [-0.39, 0.29) is 11.6 Å². The number of thiazole rings is 1. The molecule has 1 atom stereocenters. The Morgan fingerprint density at radius 2 is 2.09 bits per heavy atom. The summed E-state index contributed by atoms with van der Waals surface area (Å²) in [5.41, 5.74) is 2.80. The van der Waals surface area contributed by atoms with Crippen LogP contribution in [0.1, 0.15) is 13.3 Å². The Bertz CT molecular complexity index is 1500. The Kier molecular flexibility index (Phi) is 5.15. The zero-order chi connectivity index (χ0) is 22.2. The van der Waals surface area contributed by atoms with Gasteiger partial charge in [-0.05, 0) is 18.6 Å².